The molecule has 0 aromatic carbocycles. The van der Waals surface area contributed by atoms with Crippen molar-refractivity contribution in [1.29, 1.82) is 0 Å². The summed E-state index contributed by atoms with van der Waals surface area (Å²) in [5, 5.41) is 3.34. The van der Waals surface area contributed by atoms with E-state index in [4.69, 9.17) is 0 Å². The van der Waals surface area contributed by atoms with Crippen molar-refractivity contribution in [2.24, 2.45) is 0 Å². The van der Waals surface area contributed by atoms with Gasteiger partial charge in [0, 0.05) is 24.8 Å². The largest absolute Gasteiger partial charge is 0.376 e. The molecule has 0 amide bonds. The van der Waals surface area contributed by atoms with Crippen LogP contribution in [0, 0.1) is 6.92 Å². The van der Waals surface area contributed by atoms with Gasteiger partial charge in [-0.3, -0.25) is 4.57 Å². The van der Waals surface area contributed by atoms with Crippen molar-refractivity contribution in [2.45, 2.75) is 13.5 Å². The molecule has 0 radical (unpaired) electrons. The Labute approximate surface area is 116 Å². The van der Waals surface area contributed by atoms with E-state index >= 15 is 0 Å². The molecule has 0 spiro atoms. The van der Waals surface area contributed by atoms with E-state index in [1.54, 1.807) is 24.9 Å². The maximum Gasteiger partial charge on any atom is 0.161 e. The Hall–Kier alpha value is -2.76. The highest BCUT2D eigenvalue weighted by atomic mass is 15.1. The van der Waals surface area contributed by atoms with Gasteiger partial charge in [0.05, 0.1) is 17.9 Å². The molecule has 3 aromatic heterocycles. The lowest BCUT2D eigenvalue weighted by molar-refractivity contribution is 0.924. The standard InChI is InChI=1S/C14H14N6/c1-11-16-7-8-20(11)14-13(3-2-5-17-14)18-9-12-4-6-15-10-19-12/h2-8,10,18H,9H2,1H3. The van der Waals surface area contributed by atoms with Crippen LogP contribution in [0.3, 0.4) is 0 Å². The van der Waals surface area contributed by atoms with Crippen LogP contribution in [0.15, 0.2) is 49.3 Å². The average Bonchev–Trinajstić information content (AvgIpc) is 2.92. The average molecular weight is 266 g/mol. The summed E-state index contributed by atoms with van der Waals surface area (Å²) in [7, 11) is 0. The van der Waals surface area contributed by atoms with E-state index < -0.39 is 0 Å². The zero-order valence-electron chi connectivity index (χ0n) is 11.1. The molecule has 6 heteroatoms. The van der Waals surface area contributed by atoms with Gasteiger partial charge < -0.3 is 5.32 Å². The Morgan fingerprint density at radius 3 is 2.80 bits per heavy atom. The number of pyridine rings is 1. The van der Waals surface area contributed by atoms with E-state index in [0.717, 1.165) is 23.0 Å². The lowest BCUT2D eigenvalue weighted by Crippen LogP contribution is -2.07. The number of hydrogen-bond acceptors (Lipinski definition) is 5. The fraction of sp³-hybridized carbons (Fsp3) is 0.143. The van der Waals surface area contributed by atoms with Gasteiger partial charge in [0.25, 0.3) is 0 Å². The topological polar surface area (TPSA) is 68.5 Å². The van der Waals surface area contributed by atoms with Crippen molar-refractivity contribution in [3.05, 3.63) is 60.8 Å². The molecule has 100 valence electrons. The molecule has 3 aromatic rings. The second kappa shape index (κ2) is 5.48. The first-order valence-corrected chi connectivity index (χ1v) is 6.29. The normalized spacial score (nSPS) is 10.4. The zero-order valence-corrected chi connectivity index (χ0v) is 11.1. The van der Waals surface area contributed by atoms with Gasteiger partial charge in [-0.1, -0.05) is 0 Å². The van der Waals surface area contributed by atoms with Gasteiger partial charge in [0.1, 0.15) is 12.2 Å². The third-order valence-electron chi connectivity index (χ3n) is 2.94. The van der Waals surface area contributed by atoms with Crippen molar-refractivity contribution in [3.63, 3.8) is 0 Å². The van der Waals surface area contributed by atoms with Crippen LogP contribution >= 0.6 is 0 Å². The molecule has 0 saturated heterocycles. The number of nitrogens with zero attached hydrogens (tertiary/aromatic N) is 5. The lowest BCUT2D eigenvalue weighted by Gasteiger charge is -2.12. The van der Waals surface area contributed by atoms with Gasteiger partial charge in [-0.25, -0.2) is 19.9 Å². The Kier molecular flexibility index (Phi) is 3.36. The van der Waals surface area contributed by atoms with E-state index in [-0.39, 0.29) is 0 Å². The number of anilines is 1. The Bertz CT molecular complexity index is 692. The third kappa shape index (κ3) is 2.49. The van der Waals surface area contributed by atoms with Crippen LogP contribution in [0.4, 0.5) is 5.69 Å². The summed E-state index contributed by atoms with van der Waals surface area (Å²) >= 11 is 0. The summed E-state index contributed by atoms with van der Waals surface area (Å²) in [5.41, 5.74) is 1.87. The predicted octanol–water partition coefficient (Wildman–Crippen LogP) is 1.98. The van der Waals surface area contributed by atoms with Gasteiger partial charge in [-0.2, -0.15) is 0 Å². The molecule has 0 fully saturated rings. The van der Waals surface area contributed by atoms with Crippen LogP contribution in [0.5, 0.6) is 0 Å². The van der Waals surface area contributed by atoms with Crippen molar-refractivity contribution in [1.82, 2.24) is 24.5 Å². The number of rotatable bonds is 4. The molecule has 3 heterocycles. The second-order valence-corrected chi connectivity index (χ2v) is 4.27. The molecule has 0 aliphatic rings. The molecule has 0 saturated carbocycles. The van der Waals surface area contributed by atoms with Crippen LogP contribution in [0.1, 0.15) is 11.5 Å². The monoisotopic (exact) mass is 266 g/mol. The Morgan fingerprint density at radius 2 is 2.05 bits per heavy atom. The van der Waals surface area contributed by atoms with Gasteiger partial charge in [-0.05, 0) is 25.1 Å². The first kappa shape index (κ1) is 12.3. The van der Waals surface area contributed by atoms with Crippen molar-refractivity contribution in [3.8, 4) is 5.82 Å². The number of aryl methyl sites for hydroxylation is 1. The van der Waals surface area contributed by atoms with Crippen LogP contribution in [-0.4, -0.2) is 24.5 Å². The first-order chi connectivity index (χ1) is 9.84. The second-order valence-electron chi connectivity index (χ2n) is 4.27. The molecule has 20 heavy (non-hydrogen) atoms. The van der Waals surface area contributed by atoms with E-state index in [1.165, 1.54) is 0 Å². The minimum Gasteiger partial charge on any atom is -0.376 e. The van der Waals surface area contributed by atoms with E-state index in [0.29, 0.717) is 6.54 Å². The fourth-order valence-electron chi connectivity index (χ4n) is 1.94. The summed E-state index contributed by atoms with van der Waals surface area (Å²) < 4.78 is 1.95. The van der Waals surface area contributed by atoms with Crippen LogP contribution in [0.2, 0.25) is 0 Å². The summed E-state index contributed by atoms with van der Waals surface area (Å²) in [6.07, 6.45) is 8.70. The molecule has 0 aliphatic heterocycles. The molecule has 0 aliphatic carbocycles. The third-order valence-corrected chi connectivity index (χ3v) is 2.94. The van der Waals surface area contributed by atoms with E-state index in [9.17, 15) is 0 Å². The van der Waals surface area contributed by atoms with Crippen LogP contribution in [0.25, 0.3) is 5.82 Å². The summed E-state index contributed by atoms with van der Waals surface area (Å²) in [6, 6.07) is 5.77. The van der Waals surface area contributed by atoms with Crippen LogP contribution < -0.4 is 5.32 Å². The van der Waals surface area contributed by atoms with Gasteiger partial charge in [-0.15, -0.1) is 0 Å². The van der Waals surface area contributed by atoms with Gasteiger partial charge in [0.2, 0.25) is 0 Å². The van der Waals surface area contributed by atoms with Crippen molar-refractivity contribution < 1.29 is 0 Å². The fourth-order valence-corrected chi connectivity index (χ4v) is 1.94. The van der Waals surface area contributed by atoms with E-state index in [2.05, 4.69) is 25.3 Å². The molecule has 6 nitrogen and oxygen atoms in total. The maximum absolute atomic E-state index is 4.42. The number of imidazole rings is 1. The Balaban J connectivity index is 1.86. The minimum atomic E-state index is 0.620. The summed E-state index contributed by atoms with van der Waals surface area (Å²) in [4.78, 5) is 16.7. The smallest absolute Gasteiger partial charge is 0.161 e. The maximum atomic E-state index is 4.42. The van der Waals surface area contributed by atoms with Crippen LogP contribution in [-0.2, 0) is 6.54 Å². The Morgan fingerprint density at radius 1 is 1.10 bits per heavy atom. The number of hydrogen-bond donors (Lipinski definition) is 1. The number of nitrogens with one attached hydrogen (secondary N) is 1. The summed E-state index contributed by atoms with van der Waals surface area (Å²) in [5.74, 6) is 1.73. The molecule has 0 unspecified atom stereocenters. The quantitative estimate of drug-likeness (QED) is 0.782. The first-order valence-electron chi connectivity index (χ1n) is 6.29. The molecular formula is C14H14N6. The van der Waals surface area contributed by atoms with Gasteiger partial charge >= 0.3 is 0 Å². The highest BCUT2D eigenvalue weighted by molar-refractivity contribution is 5.57. The van der Waals surface area contributed by atoms with Crippen molar-refractivity contribution in [2.75, 3.05) is 5.32 Å². The summed E-state index contributed by atoms with van der Waals surface area (Å²) in [6.45, 7) is 2.57. The van der Waals surface area contributed by atoms with E-state index in [1.807, 2.05) is 35.9 Å². The highest BCUT2D eigenvalue weighted by Gasteiger charge is 2.07. The molecule has 3 rings (SSSR count). The minimum absolute atomic E-state index is 0.620. The molecule has 0 atom stereocenters. The predicted molar refractivity (Wildman–Crippen MR) is 75.5 cm³/mol. The number of aromatic nitrogens is 5. The van der Waals surface area contributed by atoms with Crippen molar-refractivity contribution >= 4 is 5.69 Å². The SMILES string of the molecule is Cc1nccn1-c1ncccc1NCc1ccncn1. The molecule has 1 N–H and O–H groups in total. The van der Waals surface area contributed by atoms with Gasteiger partial charge in [0.15, 0.2) is 5.82 Å². The molecular weight excluding hydrogens is 252 g/mol. The highest BCUT2D eigenvalue weighted by Crippen LogP contribution is 2.18. The molecule has 0 bridgehead atoms. The zero-order chi connectivity index (χ0) is 13.8. The lowest BCUT2D eigenvalue weighted by atomic mass is 10.3.